The van der Waals surface area contributed by atoms with Gasteiger partial charge in [-0.15, -0.1) is 11.3 Å². The maximum atomic E-state index is 12.4. The highest BCUT2D eigenvalue weighted by molar-refractivity contribution is 7.09. The average Bonchev–Trinajstić information content (AvgIpc) is 2.90. The Morgan fingerprint density at radius 1 is 1.23 bits per heavy atom. The Morgan fingerprint density at radius 2 is 1.91 bits per heavy atom. The zero-order valence-corrected chi connectivity index (χ0v) is 12.7. The van der Waals surface area contributed by atoms with Crippen LogP contribution >= 0.6 is 11.3 Å². The SMILES string of the molecule is CN(CC(=O)Nc1ccc(C(F)(F)F)cc1)Cc1cccs1. The second-order valence-corrected chi connectivity index (χ2v) is 5.91. The van der Waals surface area contributed by atoms with Crippen molar-refractivity contribution in [3.8, 4) is 0 Å². The number of alkyl halides is 3. The van der Waals surface area contributed by atoms with E-state index in [0.29, 0.717) is 12.2 Å². The van der Waals surface area contributed by atoms with E-state index in [2.05, 4.69) is 5.32 Å². The molecule has 0 spiro atoms. The summed E-state index contributed by atoms with van der Waals surface area (Å²) in [5.74, 6) is -0.265. The van der Waals surface area contributed by atoms with Gasteiger partial charge in [0.15, 0.2) is 0 Å². The van der Waals surface area contributed by atoms with Crippen LogP contribution in [0.4, 0.5) is 18.9 Å². The summed E-state index contributed by atoms with van der Waals surface area (Å²) in [4.78, 5) is 14.8. The Labute approximate surface area is 130 Å². The van der Waals surface area contributed by atoms with E-state index in [1.165, 1.54) is 12.1 Å². The number of hydrogen-bond acceptors (Lipinski definition) is 3. The molecule has 0 aliphatic carbocycles. The zero-order valence-electron chi connectivity index (χ0n) is 11.9. The number of amides is 1. The van der Waals surface area contributed by atoms with Crippen molar-refractivity contribution in [3.05, 3.63) is 52.2 Å². The van der Waals surface area contributed by atoms with Crippen LogP contribution in [0.15, 0.2) is 41.8 Å². The molecule has 0 fully saturated rings. The first-order valence-corrected chi connectivity index (χ1v) is 7.40. The van der Waals surface area contributed by atoms with Gasteiger partial charge in [0.1, 0.15) is 0 Å². The maximum absolute atomic E-state index is 12.4. The Bertz CT molecular complexity index is 609. The summed E-state index contributed by atoms with van der Waals surface area (Å²) in [6.45, 7) is 0.816. The van der Waals surface area contributed by atoms with Crippen LogP contribution in [0.5, 0.6) is 0 Å². The van der Waals surface area contributed by atoms with Gasteiger partial charge < -0.3 is 5.32 Å². The van der Waals surface area contributed by atoms with Crippen molar-refractivity contribution < 1.29 is 18.0 Å². The van der Waals surface area contributed by atoms with Crippen molar-refractivity contribution in [2.24, 2.45) is 0 Å². The van der Waals surface area contributed by atoms with Crippen molar-refractivity contribution in [1.29, 1.82) is 0 Å². The summed E-state index contributed by atoms with van der Waals surface area (Å²) < 4.78 is 37.3. The molecule has 1 amide bonds. The molecular formula is C15H15F3N2OS. The number of thiophene rings is 1. The molecule has 0 saturated carbocycles. The Balaban J connectivity index is 1.86. The fourth-order valence-electron chi connectivity index (χ4n) is 1.91. The van der Waals surface area contributed by atoms with Crippen molar-refractivity contribution in [1.82, 2.24) is 4.90 Å². The first-order valence-electron chi connectivity index (χ1n) is 6.52. The molecule has 0 atom stereocenters. The molecule has 3 nitrogen and oxygen atoms in total. The van der Waals surface area contributed by atoms with Gasteiger partial charge in [0.25, 0.3) is 0 Å². The number of benzene rings is 1. The number of nitrogens with zero attached hydrogens (tertiary/aromatic N) is 1. The van der Waals surface area contributed by atoms with Gasteiger partial charge in [-0.1, -0.05) is 6.07 Å². The monoisotopic (exact) mass is 328 g/mol. The van der Waals surface area contributed by atoms with E-state index in [4.69, 9.17) is 0 Å². The molecule has 118 valence electrons. The minimum atomic E-state index is -4.37. The minimum Gasteiger partial charge on any atom is -0.325 e. The highest BCUT2D eigenvalue weighted by Crippen LogP contribution is 2.29. The van der Waals surface area contributed by atoms with Crippen molar-refractivity contribution >= 4 is 22.9 Å². The van der Waals surface area contributed by atoms with Crippen LogP contribution in [0.3, 0.4) is 0 Å². The highest BCUT2D eigenvalue weighted by atomic mass is 32.1. The van der Waals surface area contributed by atoms with Crippen molar-refractivity contribution in [2.75, 3.05) is 18.9 Å². The Morgan fingerprint density at radius 3 is 2.45 bits per heavy atom. The zero-order chi connectivity index (χ0) is 16.2. The Kier molecular flexibility index (Phi) is 5.20. The van der Waals surface area contributed by atoms with Crippen molar-refractivity contribution in [3.63, 3.8) is 0 Å². The summed E-state index contributed by atoms with van der Waals surface area (Å²) in [5.41, 5.74) is -0.386. The number of halogens is 3. The second kappa shape index (κ2) is 6.93. The number of rotatable bonds is 5. The Hall–Kier alpha value is -1.86. The molecule has 0 aliphatic rings. The van der Waals surface area contributed by atoms with Crippen LogP contribution in [-0.2, 0) is 17.5 Å². The lowest BCUT2D eigenvalue weighted by Crippen LogP contribution is -2.29. The first-order chi connectivity index (χ1) is 10.3. The van der Waals surface area contributed by atoms with Gasteiger partial charge in [-0.05, 0) is 42.8 Å². The molecule has 2 rings (SSSR count). The van der Waals surface area contributed by atoms with Crippen LogP contribution in [0, 0.1) is 0 Å². The van der Waals surface area contributed by atoms with Gasteiger partial charge in [-0.25, -0.2) is 0 Å². The van der Waals surface area contributed by atoms with Crippen LogP contribution in [0.1, 0.15) is 10.4 Å². The van der Waals surface area contributed by atoms with Crippen LogP contribution in [0.25, 0.3) is 0 Å². The molecule has 22 heavy (non-hydrogen) atoms. The predicted molar refractivity (Wildman–Crippen MR) is 80.7 cm³/mol. The fourth-order valence-corrected chi connectivity index (χ4v) is 2.70. The van der Waals surface area contributed by atoms with Crippen molar-refractivity contribution in [2.45, 2.75) is 12.7 Å². The number of anilines is 1. The van der Waals surface area contributed by atoms with Crippen LogP contribution < -0.4 is 5.32 Å². The lowest BCUT2D eigenvalue weighted by molar-refractivity contribution is -0.137. The predicted octanol–water partition coefficient (Wildman–Crippen LogP) is 3.84. The fraction of sp³-hybridized carbons (Fsp3) is 0.267. The molecule has 0 radical (unpaired) electrons. The normalized spacial score (nSPS) is 11.7. The third kappa shape index (κ3) is 4.85. The largest absolute Gasteiger partial charge is 0.416 e. The molecule has 1 aromatic carbocycles. The van der Waals surface area contributed by atoms with Gasteiger partial charge in [-0.3, -0.25) is 9.69 Å². The molecule has 0 aliphatic heterocycles. The van der Waals surface area contributed by atoms with Gasteiger partial charge in [0.05, 0.1) is 12.1 Å². The van der Waals surface area contributed by atoms with E-state index >= 15 is 0 Å². The molecular weight excluding hydrogens is 313 g/mol. The molecule has 1 N–H and O–H groups in total. The van der Waals surface area contributed by atoms with E-state index in [0.717, 1.165) is 17.0 Å². The van der Waals surface area contributed by atoms with Gasteiger partial charge in [0, 0.05) is 17.1 Å². The molecule has 1 aromatic heterocycles. The number of carbonyl (C=O) groups excluding carboxylic acids is 1. The lowest BCUT2D eigenvalue weighted by atomic mass is 10.2. The molecule has 0 bridgehead atoms. The third-order valence-corrected chi connectivity index (χ3v) is 3.78. The summed E-state index contributed by atoms with van der Waals surface area (Å²) in [6, 6.07) is 8.32. The van der Waals surface area contributed by atoms with E-state index in [-0.39, 0.29) is 12.5 Å². The van der Waals surface area contributed by atoms with E-state index < -0.39 is 11.7 Å². The standard InChI is InChI=1S/C15H15F3N2OS/c1-20(9-13-3-2-8-22-13)10-14(21)19-12-6-4-11(5-7-12)15(16,17)18/h2-8H,9-10H2,1H3,(H,19,21). The summed E-state index contributed by atoms with van der Waals surface area (Å²) in [7, 11) is 1.81. The maximum Gasteiger partial charge on any atom is 0.416 e. The number of nitrogens with one attached hydrogen (secondary N) is 1. The van der Waals surface area contributed by atoms with E-state index in [1.807, 2.05) is 29.5 Å². The highest BCUT2D eigenvalue weighted by Gasteiger charge is 2.29. The van der Waals surface area contributed by atoms with Gasteiger partial charge in [0.2, 0.25) is 5.91 Å². The quantitative estimate of drug-likeness (QED) is 0.904. The summed E-state index contributed by atoms with van der Waals surface area (Å²) in [5, 5.41) is 4.55. The number of carbonyl (C=O) groups is 1. The summed E-state index contributed by atoms with van der Waals surface area (Å²) >= 11 is 1.61. The molecule has 0 saturated heterocycles. The molecule has 0 unspecified atom stereocenters. The van der Waals surface area contributed by atoms with E-state index in [9.17, 15) is 18.0 Å². The lowest BCUT2D eigenvalue weighted by Gasteiger charge is -2.15. The first kappa shape index (κ1) is 16.5. The van der Waals surface area contributed by atoms with Crippen LogP contribution in [0.2, 0.25) is 0 Å². The van der Waals surface area contributed by atoms with Crippen LogP contribution in [-0.4, -0.2) is 24.4 Å². The molecule has 1 heterocycles. The molecule has 7 heteroatoms. The van der Waals surface area contributed by atoms with Gasteiger partial charge in [-0.2, -0.15) is 13.2 Å². The molecule has 2 aromatic rings. The second-order valence-electron chi connectivity index (χ2n) is 4.87. The smallest absolute Gasteiger partial charge is 0.325 e. The average molecular weight is 328 g/mol. The minimum absolute atomic E-state index is 0.166. The third-order valence-electron chi connectivity index (χ3n) is 2.92. The number of hydrogen-bond donors (Lipinski definition) is 1. The topological polar surface area (TPSA) is 32.3 Å². The number of likely N-dealkylation sites (N-methyl/N-ethyl adjacent to an activating group) is 1. The van der Waals surface area contributed by atoms with E-state index in [1.54, 1.807) is 11.3 Å². The van der Waals surface area contributed by atoms with Gasteiger partial charge >= 0.3 is 6.18 Å². The summed E-state index contributed by atoms with van der Waals surface area (Å²) in [6.07, 6.45) is -4.37.